The number of nitrogens with zero attached hydrogens (tertiary/aromatic N) is 1. The first-order valence-corrected chi connectivity index (χ1v) is 13.4. The highest BCUT2D eigenvalue weighted by atomic mass is 16.5. The van der Waals surface area contributed by atoms with Gasteiger partial charge in [0, 0.05) is 28.6 Å². The number of aromatic amines is 1. The molecule has 0 amide bonds. The molecule has 2 N–H and O–H groups in total. The van der Waals surface area contributed by atoms with Gasteiger partial charge in [-0.1, -0.05) is 30.3 Å². The second kappa shape index (κ2) is 11.7. The van der Waals surface area contributed by atoms with Gasteiger partial charge in [0.25, 0.3) is 0 Å². The highest BCUT2D eigenvalue weighted by molar-refractivity contribution is 6.21. The van der Waals surface area contributed by atoms with Crippen LogP contribution in [0.3, 0.4) is 0 Å². The lowest BCUT2D eigenvalue weighted by molar-refractivity contribution is -0.139. The summed E-state index contributed by atoms with van der Waals surface area (Å²) < 4.78 is 16.0. The van der Waals surface area contributed by atoms with Crippen LogP contribution < -0.4 is 10.1 Å². The third kappa shape index (κ3) is 5.30. The minimum atomic E-state index is -0.745. The largest absolute Gasteiger partial charge is 0.496 e. The van der Waals surface area contributed by atoms with Crippen molar-refractivity contribution < 1.29 is 28.6 Å². The molecular weight excluding hydrogens is 522 g/mol. The molecule has 2 aromatic carbocycles. The van der Waals surface area contributed by atoms with Crippen LogP contribution in [0.25, 0.3) is 17.3 Å². The van der Waals surface area contributed by atoms with Crippen LogP contribution in [-0.2, 0) is 19.1 Å². The fourth-order valence-electron chi connectivity index (χ4n) is 5.28. The van der Waals surface area contributed by atoms with Gasteiger partial charge in [0.15, 0.2) is 5.78 Å². The van der Waals surface area contributed by atoms with E-state index in [2.05, 4.69) is 15.3 Å². The summed E-state index contributed by atoms with van der Waals surface area (Å²) in [5.74, 6) is -1.41. The SMILES string of the molecule is CCOC(=O)C1=C(C)NC2=N/C(=C\c3ccc(-c4ccc(C(=O)OCC)cc4)[nH]3)C(=O)C2C1c1ccccc1OC. The average molecular weight is 554 g/mol. The number of amidine groups is 1. The molecule has 5 rings (SSSR count). The van der Waals surface area contributed by atoms with Crippen molar-refractivity contribution in [3.05, 3.63) is 94.5 Å². The molecule has 0 spiro atoms. The first-order chi connectivity index (χ1) is 19.9. The van der Waals surface area contributed by atoms with Crippen LogP contribution in [-0.4, -0.2) is 48.9 Å². The summed E-state index contributed by atoms with van der Waals surface area (Å²) in [5, 5.41) is 3.18. The topological polar surface area (TPSA) is 119 Å². The zero-order chi connectivity index (χ0) is 29.1. The number of carbonyl (C=O) groups excluding carboxylic acids is 3. The number of para-hydroxylation sites is 1. The lowest BCUT2D eigenvalue weighted by Crippen LogP contribution is -2.42. The second-order valence-electron chi connectivity index (χ2n) is 9.60. The molecule has 0 radical (unpaired) electrons. The molecule has 2 unspecified atom stereocenters. The molecular formula is C32H31N3O6. The minimum absolute atomic E-state index is 0.208. The number of allylic oxidation sites excluding steroid dienone is 2. The zero-order valence-electron chi connectivity index (χ0n) is 23.3. The van der Waals surface area contributed by atoms with Crippen molar-refractivity contribution in [2.75, 3.05) is 20.3 Å². The molecule has 0 aliphatic carbocycles. The summed E-state index contributed by atoms with van der Waals surface area (Å²) in [7, 11) is 1.56. The minimum Gasteiger partial charge on any atom is -0.496 e. The third-order valence-corrected chi connectivity index (χ3v) is 7.11. The van der Waals surface area contributed by atoms with Crippen LogP contribution in [0.15, 0.2) is 82.6 Å². The maximum absolute atomic E-state index is 13.9. The van der Waals surface area contributed by atoms with Crippen LogP contribution in [0.5, 0.6) is 5.75 Å². The first kappa shape index (κ1) is 27.6. The maximum Gasteiger partial charge on any atom is 0.338 e. The average Bonchev–Trinajstić information content (AvgIpc) is 3.56. The first-order valence-electron chi connectivity index (χ1n) is 13.4. The van der Waals surface area contributed by atoms with Gasteiger partial charge in [-0.3, -0.25) is 4.79 Å². The van der Waals surface area contributed by atoms with Crippen molar-refractivity contribution in [1.29, 1.82) is 0 Å². The quantitative estimate of drug-likeness (QED) is 0.297. The van der Waals surface area contributed by atoms with Crippen LogP contribution in [0.1, 0.15) is 48.3 Å². The molecule has 0 bridgehead atoms. The number of ketones is 1. The van der Waals surface area contributed by atoms with Gasteiger partial charge in [0.05, 0.1) is 37.4 Å². The van der Waals surface area contributed by atoms with E-state index in [1.807, 2.05) is 48.5 Å². The molecule has 0 fully saturated rings. The van der Waals surface area contributed by atoms with Crippen molar-refractivity contribution in [3.8, 4) is 17.0 Å². The van der Waals surface area contributed by atoms with E-state index in [-0.39, 0.29) is 24.1 Å². The van der Waals surface area contributed by atoms with Crippen LogP contribution in [0.4, 0.5) is 0 Å². The second-order valence-corrected chi connectivity index (χ2v) is 9.60. The summed E-state index contributed by atoms with van der Waals surface area (Å²) >= 11 is 0. The number of rotatable bonds is 8. The van der Waals surface area contributed by atoms with E-state index in [0.29, 0.717) is 46.3 Å². The van der Waals surface area contributed by atoms with Crippen molar-refractivity contribution in [1.82, 2.24) is 10.3 Å². The smallest absolute Gasteiger partial charge is 0.338 e. The van der Waals surface area contributed by atoms with Crippen LogP contribution in [0.2, 0.25) is 0 Å². The van der Waals surface area contributed by atoms with Gasteiger partial charge in [-0.25, -0.2) is 14.6 Å². The van der Waals surface area contributed by atoms with Crippen LogP contribution >= 0.6 is 0 Å². The Morgan fingerprint density at radius 2 is 1.63 bits per heavy atom. The zero-order valence-corrected chi connectivity index (χ0v) is 23.3. The molecule has 2 atom stereocenters. The van der Waals surface area contributed by atoms with Gasteiger partial charge in [0.2, 0.25) is 0 Å². The van der Waals surface area contributed by atoms with E-state index in [9.17, 15) is 14.4 Å². The molecule has 2 aliphatic heterocycles. The summed E-state index contributed by atoms with van der Waals surface area (Å²) in [6, 6.07) is 18.2. The normalized spacial score (nSPS) is 19.0. The number of H-pyrrole nitrogens is 1. The van der Waals surface area contributed by atoms with E-state index in [4.69, 9.17) is 14.2 Å². The molecule has 0 saturated carbocycles. The molecule has 3 heterocycles. The number of methoxy groups -OCH3 is 1. The highest BCUT2D eigenvalue weighted by Gasteiger charge is 2.48. The molecule has 210 valence electrons. The summed E-state index contributed by atoms with van der Waals surface area (Å²) in [4.78, 5) is 47.0. The van der Waals surface area contributed by atoms with Crippen molar-refractivity contribution in [3.63, 3.8) is 0 Å². The number of hydrogen-bond acceptors (Lipinski definition) is 8. The molecule has 2 aliphatic rings. The number of fused-ring (bicyclic) bond motifs is 1. The predicted octanol–water partition coefficient (Wildman–Crippen LogP) is 5.03. The Hall–Kier alpha value is -4.92. The lowest BCUT2D eigenvalue weighted by Gasteiger charge is -2.33. The fourth-order valence-corrected chi connectivity index (χ4v) is 5.28. The monoisotopic (exact) mass is 553 g/mol. The van der Waals surface area contributed by atoms with E-state index in [0.717, 1.165) is 11.3 Å². The van der Waals surface area contributed by atoms with Gasteiger partial charge >= 0.3 is 11.9 Å². The number of aromatic nitrogens is 1. The number of ether oxygens (including phenoxy) is 3. The maximum atomic E-state index is 13.9. The van der Waals surface area contributed by atoms with Gasteiger partial charge in [0.1, 0.15) is 17.3 Å². The number of esters is 2. The molecule has 1 aromatic heterocycles. The van der Waals surface area contributed by atoms with E-state index in [1.165, 1.54) is 0 Å². The standard InChI is InChI=1S/C32H31N3O6/c1-5-40-31(37)20-13-11-19(12-14-20)23-16-15-21(34-23)17-24-29(36)28-27(22-9-7-8-10-25(22)39-4)26(32(38)41-6-2)18(3)33-30(28)35-24/h7-17,27-28,34H,5-6H2,1-4H3,(H,33,35)/b24-17-. The summed E-state index contributed by atoms with van der Waals surface area (Å²) in [6.45, 7) is 5.81. The molecule has 9 heteroatoms. The number of aliphatic imine (C=N–C) groups is 1. The third-order valence-electron chi connectivity index (χ3n) is 7.11. The van der Waals surface area contributed by atoms with Gasteiger partial charge in [-0.2, -0.15) is 0 Å². The van der Waals surface area contributed by atoms with Gasteiger partial charge < -0.3 is 24.5 Å². The summed E-state index contributed by atoms with van der Waals surface area (Å²) in [6.07, 6.45) is 1.70. The Morgan fingerprint density at radius 1 is 0.927 bits per heavy atom. The number of hydrogen-bond donors (Lipinski definition) is 2. The van der Waals surface area contributed by atoms with E-state index >= 15 is 0 Å². The number of nitrogens with one attached hydrogen (secondary N) is 2. The number of benzene rings is 2. The van der Waals surface area contributed by atoms with Gasteiger partial charge in [-0.05, 0) is 62.7 Å². The Bertz CT molecular complexity index is 1600. The lowest BCUT2D eigenvalue weighted by atomic mass is 9.75. The van der Waals surface area contributed by atoms with Crippen LogP contribution in [0, 0.1) is 5.92 Å². The van der Waals surface area contributed by atoms with Crippen molar-refractivity contribution in [2.45, 2.75) is 26.7 Å². The van der Waals surface area contributed by atoms with E-state index in [1.54, 1.807) is 46.1 Å². The Balaban J connectivity index is 1.47. The molecule has 0 saturated heterocycles. The van der Waals surface area contributed by atoms with Gasteiger partial charge in [-0.15, -0.1) is 0 Å². The highest BCUT2D eigenvalue weighted by Crippen LogP contribution is 2.45. The van der Waals surface area contributed by atoms with Crippen molar-refractivity contribution in [2.24, 2.45) is 10.9 Å². The Morgan fingerprint density at radius 3 is 2.34 bits per heavy atom. The molecule has 3 aromatic rings. The number of Topliss-reactive ketones (excluding diaryl/α,β-unsaturated/α-hetero) is 1. The number of carbonyl (C=O) groups is 3. The Labute approximate surface area is 237 Å². The van der Waals surface area contributed by atoms with Crippen molar-refractivity contribution >= 4 is 29.6 Å². The molecule has 9 nitrogen and oxygen atoms in total. The predicted molar refractivity (Wildman–Crippen MR) is 154 cm³/mol. The Kier molecular flexibility index (Phi) is 7.87. The summed E-state index contributed by atoms with van der Waals surface area (Å²) in [5.41, 5.74) is 4.78. The molecule has 41 heavy (non-hydrogen) atoms. The van der Waals surface area contributed by atoms with E-state index < -0.39 is 17.8 Å². The fraction of sp³-hybridized carbons (Fsp3) is 0.250.